The number of aliphatic hydroxyl groups is 2. The lowest BCUT2D eigenvalue weighted by Gasteiger charge is -2.19. The van der Waals surface area contributed by atoms with Gasteiger partial charge in [-0.05, 0) is 109 Å². The van der Waals surface area contributed by atoms with Gasteiger partial charge in [0.2, 0.25) is 5.91 Å². The van der Waals surface area contributed by atoms with Gasteiger partial charge in [0.05, 0.1) is 18.8 Å². The highest BCUT2D eigenvalue weighted by molar-refractivity contribution is 5.76. The van der Waals surface area contributed by atoms with E-state index in [9.17, 15) is 15.0 Å². The average Bonchev–Trinajstić information content (AvgIpc) is 3.20. The molecule has 0 radical (unpaired) electrons. The Morgan fingerprint density at radius 2 is 0.804 bits per heavy atom. The summed E-state index contributed by atoms with van der Waals surface area (Å²) >= 11 is 0. The molecule has 0 heterocycles. The first-order chi connectivity index (χ1) is 27.7. The molecular formula is C52H81NO3. The van der Waals surface area contributed by atoms with Gasteiger partial charge in [-0.3, -0.25) is 4.79 Å². The molecule has 4 nitrogen and oxygen atoms in total. The van der Waals surface area contributed by atoms with Crippen LogP contribution in [0.1, 0.15) is 155 Å². The van der Waals surface area contributed by atoms with E-state index in [2.05, 4.69) is 153 Å². The second-order valence-electron chi connectivity index (χ2n) is 14.0. The molecule has 0 fully saturated rings. The van der Waals surface area contributed by atoms with Crippen molar-refractivity contribution in [2.24, 2.45) is 0 Å². The van der Waals surface area contributed by atoms with Gasteiger partial charge in [-0.15, -0.1) is 0 Å². The second-order valence-corrected chi connectivity index (χ2v) is 14.0. The monoisotopic (exact) mass is 768 g/mol. The highest BCUT2D eigenvalue weighted by Crippen LogP contribution is 2.09. The van der Waals surface area contributed by atoms with Crippen molar-refractivity contribution in [1.82, 2.24) is 5.32 Å². The molecule has 4 heteroatoms. The van der Waals surface area contributed by atoms with Crippen molar-refractivity contribution >= 4 is 5.91 Å². The van der Waals surface area contributed by atoms with Crippen molar-refractivity contribution in [3.8, 4) is 0 Å². The predicted molar refractivity (Wildman–Crippen MR) is 248 cm³/mol. The Morgan fingerprint density at radius 1 is 0.446 bits per heavy atom. The van der Waals surface area contributed by atoms with E-state index in [0.717, 1.165) is 122 Å². The lowest BCUT2D eigenvalue weighted by molar-refractivity contribution is -0.123. The molecule has 0 aromatic carbocycles. The molecular weight excluding hydrogens is 687 g/mol. The number of rotatable bonds is 37. The van der Waals surface area contributed by atoms with Crippen LogP contribution < -0.4 is 5.32 Å². The number of nitrogens with one attached hydrogen (secondary N) is 1. The molecule has 0 bridgehead atoms. The number of amides is 1. The van der Waals surface area contributed by atoms with E-state index in [1.165, 1.54) is 12.8 Å². The summed E-state index contributed by atoms with van der Waals surface area (Å²) in [5.74, 6) is -0.108. The zero-order chi connectivity index (χ0) is 40.7. The fourth-order valence-corrected chi connectivity index (χ4v) is 5.44. The van der Waals surface area contributed by atoms with E-state index in [1.54, 1.807) is 6.08 Å². The maximum absolute atomic E-state index is 12.3. The zero-order valence-corrected chi connectivity index (χ0v) is 35.6. The van der Waals surface area contributed by atoms with E-state index >= 15 is 0 Å². The number of carbonyl (C=O) groups is 1. The minimum absolute atomic E-state index is 0.108. The standard InChI is InChI=1S/C52H81NO3/c1-3-5-7-9-11-13-15-16-17-18-19-20-21-22-23-24-25-26-27-28-29-30-31-32-33-34-35-36-38-40-42-44-46-48-52(56)53-50(49-54)51(55)47-45-43-41-39-37-14-12-10-8-6-4-2/h5,7-8,10-11,13,16-17,19-20,22-23,25-26,28-29,31-32,34-35,37,39,45,47,50-51,54-55H,3-4,6,9,12,14-15,18,21,24,27,30,33,36,38,40-44,46,48-49H2,1-2H3,(H,53,56)/b7-5-,10-8+,13-11-,17-16-,20-19-,23-22-,26-25-,29-28-,32-31-,35-34-,39-37+,47-45+. The lowest BCUT2D eigenvalue weighted by Crippen LogP contribution is -2.45. The molecule has 312 valence electrons. The van der Waals surface area contributed by atoms with Crippen LogP contribution in [-0.4, -0.2) is 34.9 Å². The molecule has 0 saturated carbocycles. The van der Waals surface area contributed by atoms with E-state index in [-0.39, 0.29) is 12.5 Å². The van der Waals surface area contributed by atoms with Gasteiger partial charge in [-0.2, -0.15) is 0 Å². The van der Waals surface area contributed by atoms with E-state index in [0.29, 0.717) is 6.42 Å². The summed E-state index contributed by atoms with van der Waals surface area (Å²) in [6.07, 6.45) is 73.8. The van der Waals surface area contributed by atoms with Gasteiger partial charge in [0.25, 0.3) is 0 Å². The summed E-state index contributed by atoms with van der Waals surface area (Å²) < 4.78 is 0. The highest BCUT2D eigenvalue weighted by atomic mass is 16.3. The number of carbonyl (C=O) groups excluding carboxylic acids is 1. The van der Waals surface area contributed by atoms with E-state index in [4.69, 9.17) is 0 Å². The smallest absolute Gasteiger partial charge is 0.220 e. The number of hydrogen-bond donors (Lipinski definition) is 3. The molecule has 0 saturated heterocycles. The fourth-order valence-electron chi connectivity index (χ4n) is 5.44. The van der Waals surface area contributed by atoms with Gasteiger partial charge in [0, 0.05) is 6.42 Å². The molecule has 0 spiro atoms. The molecule has 56 heavy (non-hydrogen) atoms. The summed E-state index contributed by atoms with van der Waals surface area (Å²) in [5, 5.41) is 22.9. The molecule has 0 aromatic rings. The van der Waals surface area contributed by atoms with Crippen LogP contribution in [0.5, 0.6) is 0 Å². The van der Waals surface area contributed by atoms with Gasteiger partial charge in [0.1, 0.15) is 0 Å². The summed E-state index contributed by atoms with van der Waals surface area (Å²) in [5.41, 5.74) is 0. The molecule has 2 unspecified atom stereocenters. The number of hydrogen-bond acceptors (Lipinski definition) is 3. The molecule has 0 aliphatic rings. The maximum atomic E-state index is 12.3. The minimum Gasteiger partial charge on any atom is -0.394 e. The van der Waals surface area contributed by atoms with Gasteiger partial charge in [-0.1, -0.05) is 185 Å². The van der Waals surface area contributed by atoms with Crippen molar-refractivity contribution in [1.29, 1.82) is 0 Å². The van der Waals surface area contributed by atoms with Gasteiger partial charge < -0.3 is 15.5 Å². The summed E-state index contributed by atoms with van der Waals surface area (Å²) in [6, 6.07) is -0.665. The minimum atomic E-state index is -0.887. The van der Waals surface area contributed by atoms with Crippen molar-refractivity contribution in [2.45, 2.75) is 167 Å². The number of aliphatic hydroxyl groups excluding tert-OH is 2. The Balaban J connectivity index is 3.74. The van der Waals surface area contributed by atoms with Gasteiger partial charge >= 0.3 is 0 Å². The Bertz CT molecular complexity index is 1240. The maximum Gasteiger partial charge on any atom is 0.220 e. The van der Waals surface area contributed by atoms with Crippen molar-refractivity contribution in [2.75, 3.05) is 6.61 Å². The van der Waals surface area contributed by atoms with E-state index in [1.807, 2.05) is 6.08 Å². The van der Waals surface area contributed by atoms with Crippen LogP contribution in [0.15, 0.2) is 146 Å². The van der Waals surface area contributed by atoms with Crippen LogP contribution in [0.3, 0.4) is 0 Å². The third kappa shape index (κ3) is 41.4. The molecule has 0 rings (SSSR count). The van der Waals surface area contributed by atoms with Crippen molar-refractivity contribution in [3.63, 3.8) is 0 Å². The van der Waals surface area contributed by atoms with Crippen LogP contribution >= 0.6 is 0 Å². The van der Waals surface area contributed by atoms with Crippen molar-refractivity contribution in [3.05, 3.63) is 146 Å². The highest BCUT2D eigenvalue weighted by Gasteiger charge is 2.17. The molecule has 0 aliphatic carbocycles. The third-order valence-corrected chi connectivity index (χ3v) is 8.76. The summed E-state index contributed by atoms with van der Waals surface area (Å²) in [7, 11) is 0. The van der Waals surface area contributed by atoms with Crippen LogP contribution in [0.2, 0.25) is 0 Å². The molecule has 2 atom stereocenters. The zero-order valence-electron chi connectivity index (χ0n) is 35.6. The SMILES string of the molecule is CC/C=C\C/C=C\C/C=C\C/C=C\C/C=C\C/C=C\C/C=C\C/C=C\C/C=C\CCCCCCCC(=O)NC(CO)C(O)/C=C/CC/C=C/CC/C=C/CCC. The summed E-state index contributed by atoms with van der Waals surface area (Å²) in [6.45, 7) is 4.06. The van der Waals surface area contributed by atoms with E-state index < -0.39 is 12.1 Å². The van der Waals surface area contributed by atoms with Crippen LogP contribution in [-0.2, 0) is 4.79 Å². The fraction of sp³-hybridized carbons (Fsp3) is 0.519. The molecule has 0 aliphatic heterocycles. The number of allylic oxidation sites excluding steroid dienone is 23. The lowest BCUT2D eigenvalue weighted by atomic mass is 10.1. The topological polar surface area (TPSA) is 69.6 Å². The van der Waals surface area contributed by atoms with Crippen LogP contribution in [0.25, 0.3) is 0 Å². The summed E-state index contributed by atoms with van der Waals surface area (Å²) in [4.78, 5) is 12.3. The Kier molecular flexibility index (Phi) is 42.6. The average molecular weight is 768 g/mol. The predicted octanol–water partition coefficient (Wildman–Crippen LogP) is 14.1. The number of unbranched alkanes of at least 4 members (excludes halogenated alkanes) is 8. The Morgan fingerprint density at radius 3 is 1.23 bits per heavy atom. The largest absolute Gasteiger partial charge is 0.394 e. The van der Waals surface area contributed by atoms with Crippen LogP contribution in [0.4, 0.5) is 0 Å². The van der Waals surface area contributed by atoms with Crippen LogP contribution in [0, 0.1) is 0 Å². The third-order valence-electron chi connectivity index (χ3n) is 8.76. The van der Waals surface area contributed by atoms with Gasteiger partial charge in [-0.25, -0.2) is 0 Å². The first-order valence-electron chi connectivity index (χ1n) is 22.0. The second kappa shape index (κ2) is 45.7. The first-order valence-corrected chi connectivity index (χ1v) is 22.0. The molecule has 3 N–H and O–H groups in total. The Hall–Kier alpha value is -3.73. The Labute approximate surface area is 344 Å². The first kappa shape index (κ1) is 52.3. The quantitative estimate of drug-likeness (QED) is 0.0435. The van der Waals surface area contributed by atoms with Gasteiger partial charge in [0.15, 0.2) is 0 Å². The normalized spacial score (nSPS) is 14.4. The molecule has 0 aromatic heterocycles. The molecule has 1 amide bonds. The van der Waals surface area contributed by atoms with Crippen molar-refractivity contribution < 1.29 is 15.0 Å².